The van der Waals surface area contributed by atoms with Crippen LogP contribution in [0.4, 0.5) is 4.39 Å². The highest BCUT2D eigenvalue weighted by atomic mass is 32.2. The number of hydrogen-bond acceptors (Lipinski definition) is 5. The summed E-state index contributed by atoms with van der Waals surface area (Å²) in [5.41, 5.74) is 6.20. The van der Waals surface area contributed by atoms with Crippen LogP contribution in [0.5, 0.6) is 11.5 Å². The summed E-state index contributed by atoms with van der Waals surface area (Å²) in [6.07, 6.45) is 0. The molecule has 0 radical (unpaired) electrons. The van der Waals surface area contributed by atoms with Crippen LogP contribution >= 0.6 is 11.8 Å². The fourth-order valence-corrected chi connectivity index (χ4v) is 3.83. The Morgan fingerprint density at radius 2 is 1.79 bits per heavy atom. The molecule has 0 saturated carbocycles. The Labute approximate surface area is 167 Å². The SMILES string of the molecule is COc1cc([C@@H]2NN=C(c3ccccc3)S2)ccc1OCc1ccc(F)cc1. The van der Waals surface area contributed by atoms with E-state index in [4.69, 9.17) is 9.47 Å². The van der Waals surface area contributed by atoms with Crippen LogP contribution in [0.3, 0.4) is 0 Å². The lowest BCUT2D eigenvalue weighted by Crippen LogP contribution is -2.07. The van der Waals surface area contributed by atoms with Gasteiger partial charge in [0.05, 0.1) is 7.11 Å². The van der Waals surface area contributed by atoms with Crippen molar-refractivity contribution in [1.29, 1.82) is 0 Å². The first-order chi connectivity index (χ1) is 13.7. The van der Waals surface area contributed by atoms with Crippen molar-refractivity contribution >= 4 is 16.8 Å². The summed E-state index contributed by atoms with van der Waals surface area (Å²) in [4.78, 5) is 0. The summed E-state index contributed by atoms with van der Waals surface area (Å²) in [6.45, 7) is 0.341. The van der Waals surface area contributed by atoms with Gasteiger partial charge in [-0.2, -0.15) is 5.10 Å². The van der Waals surface area contributed by atoms with Crippen LogP contribution in [0.25, 0.3) is 0 Å². The standard InChI is InChI=1S/C22H19FN2O2S/c1-26-20-13-17(22-25-24-21(28-22)16-5-3-2-4-6-16)9-12-19(20)27-14-15-7-10-18(23)11-8-15/h2-13,22,25H,14H2,1H3/t22-/m1/s1. The molecule has 1 aliphatic rings. The summed E-state index contributed by atoms with van der Waals surface area (Å²) in [6, 6.07) is 22.2. The van der Waals surface area contributed by atoms with E-state index in [2.05, 4.69) is 10.5 Å². The number of hydrazone groups is 1. The Morgan fingerprint density at radius 1 is 1.00 bits per heavy atom. The molecule has 0 spiro atoms. The molecule has 1 N–H and O–H groups in total. The zero-order chi connectivity index (χ0) is 19.3. The molecule has 4 rings (SSSR count). The van der Waals surface area contributed by atoms with E-state index in [1.54, 1.807) is 31.0 Å². The molecular weight excluding hydrogens is 375 g/mol. The van der Waals surface area contributed by atoms with Crippen LogP contribution in [0.2, 0.25) is 0 Å². The summed E-state index contributed by atoms with van der Waals surface area (Å²) in [5.74, 6) is 1.03. The number of ether oxygens (including phenoxy) is 2. The molecule has 0 aliphatic carbocycles. The Balaban J connectivity index is 1.44. The molecular formula is C22H19FN2O2S. The molecule has 142 valence electrons. The fourth-order valence-electron chi connectivity index (χ4n) is 2.85. The van der Waals surface area contributed by atoms with Crippen LogP contribution in [-0.2, 0) is 6.61 Å². The minimum Gasteiger partial charge on any atom is -0.493 e. The average Bonchev–Trinajstić information content (AvgIpc) is 3.24. The lowest BCUT2D eigenvalue weighted by atomic mass is 10.2. The average molecular weight is 394 g/mol. The van der Waals surface area contributed by atoms with Crippen molar-refractivity contribution in [2.24, 2.45) is 5.10 Å². The van der Waals surface area contributed by atoms with Gasteiger partial charge >= 0.3 is 0 Å². The van der Waals surface area contributed by atoms with Crippen molar-refractivity contribution in [2.45, 2.75) is 12.0 Å². The van der Waals surface area contributed by atoms with Crippen molar-refractivity contribution < 1.29 is 13.9 Å². The van der Waals surface area contributed by atoms with Crippen molar-refractivity contribution in [2.75, 3.05) is 7.11 Å². The maximum atomic E-state index is 13.0. The highest BCUT2D eigenvalue weighted by Gasteiger charge is 2.23. The molecule has 3 aromatic carbocycles. The number of benzene rings is 3. The van der Waals surface area contributed by atoms with E-state index in [9.17, 15) is 4.39 Å². The third kappa shape index (κ3) is 4.12. The molecule has 0 fully saturated rings. The summed E-state index contributed by atoms with van der Waals surface area (Å²) >= 11 is 1.66. The smallest absolute Gasteiger partial charge is 0.161 e. The van der Waals surface area contributed by atoms with Gasteiger partial charge < -0.3 is 9.47 Å². The second-order valence-corrected chi connectivity index (χ2v) is 7.33. The number of methoxy groups -OCH3 is 1. The fraction of sp³-hybridized carbons (Fsp3) is 0.136. The van der Waals surface area contributed by atoms with Gasteiger partial charge in [0.15, 0.2) is 11.5 Å². The molecule has 3 aromatic rings. The van der Waals surface area contributed by atoms with E-state index in [-0.39, 0.29) is 11.2 Å². The van der Waals surface area contributed by atoms with Gasteiger partial charge in [0, 0.05) is 5.56 Å². The molecule has 28 heavy (non-hydrogen) atoms. The first kappa shape index (κ1) is 18.4. The predicted octanol–water partition coefficient (Wildman–Crippen LogP) is 5.11. The number of nitrogens with one attached hydrogen (secondary N) is 1. The van der Waals surface area contributed by atoms with Gasteiger partial charge in [-0.1, -0.05) is 60.3 Å². The summed E-state index contributed by atoms with van der Waals surface area (Å²) in [5, 5.41) is 5.42. The van der Waals surface area contributed by atoms with E-state index >= 15 is 0 Å². The van der Waals surface area contributed by atoms with Crippen molar-refractivity contribution in [3.05, 3.63) is 95.3 Å². The monoisotopic (exact) mass is 394 g/mol. The van der Waals surface area contributed by atoms with Gasteiger partial charge in [-0.05, 0) is 35.4 Å². The number of hydrogen-bond donors (Lipinski definition) is 1. The Bertz CT molecular complexity index is 978. The van der Waals surface area contributed by atoms with Crippen LogP contribution in [0.15, 0.2) is 77.9 Å². The van der Waals surface area contributed by atoms with Gasteiger partial charge in [0.1, 0.15) is 22.8 Å². The second kappa shape index (κ2) is 8.35. The first-order valence-electron chi connectivity index (χ1n) is 8.83. The highest BCUT2D eigenvalue weighted by molar-refractivity contribution is 8.14. The molecule has 1 heterocycles. The van der Waals surface area contributed by atoms with Gasteiger partial charge in [-0.25, -0.2) is 4.39 Å². The third-order valence-electron chi connectivity index (χ3n) is 4.33. The second-order valence-electron chi connectivity index (χ2n) is 6.24. The molecule has 0 amide bonds. The van der Waals surface area contributed by atoms with Gasteiger partial charge in [-0.3, -0.25) is 5.43 Å². The van der Waals surface area contributed by atoms with Gasteiger partial charge in [0.25, 0.3) is 0 Å². The zero-order valence-corrected chi connectivity index (χ0v) is 16.1. The molecule has 0 saturated heterocycles. The van der Waals surface area contributed by atoms with Crippen LogP contribution in [-0.4, -0.2) is 12.2 Å². The van der Waals surface area contributed by atoms with Crippen LogP contribution in [0.1, 0.15) is 22.1 Å². The molecule has 1 aliphatic heterocycles. The molecule has 0 aromatic heterocycles. The number of rotatable bonds is 6. The normalized spacial score (nSPS) is 15.6. The zero-order valence-electron chi connectivity index (χ0n) is 15.3. The maximum Gasteiger partial charge on any atom is 0.161 e. The third-order valence-corrected chi connectivity index (χ3v) is 5.50. The quantitative estimate of drug-likeness (QED) is 0.631. The first-order valence-corrected chi connectivity index (χ1v) is 9.71. The number of halogens is 1. The van der Waals surface area contributed by atoms with E-state index in [1.807, 2.05) is 48.5 Å². The van der Waals surface area contributed by atoms with E-state index in [1.165, 1.54) is 12.1 Å². The molecule has 0 unspecified atom stereocenters. The molecule has 4 nitrogen and oxygen atoms in total. The molecule has 6 heteroatoms. The van der Waals surface area contributed by atoms with Crippen LogP contribution in [0, 0.1) is 5.82 Å². The van der Waals surface area contributed by atoms with E-state index < -0.39 is 0 Å². The van der Waals surface area contributed by atoms with E-state index in [0.717, 1.165) is 21.7 Å². The lowest BCUT2D eigenvalue weighted by Gasteiger charge is -2.15. The Kier molecular flexibility index (Phi) is 5.48. The summed E-state index contributed by atoms with van der Waals surface area (Å²) in [7, 11) is 1.62. The topological polar surface area (TPSA) is 42.8 Å². The summed E-state index contributed by atoms with van der Waals surface area (Å²) < 4.78 is 24.4. The Morgan fingerprint density at radius 3 is 2.54 bits per heavy atom. The molecule has 0 bridgehead atoms. The predicted molar refractivity (Wildman–Crippen MR) is 110 cm³/mol. The van der Waals surface area contributed by atoms with E-state index in [0.29, 0.717) is 18.1 Å². The highest BCUT2D eigenvalue weighted by Crippen LogP contribution is 2.38. The Hall–Kier alpha value is -2.99. The lowest BCUT2D eigenvalue weighted by molar-refractivity contribution is 0.284. The maximum absolute atomic E-state index is 13.0. The van der Waals surface area contributed by atoms with Crippen molar-refractivity contribution in [1.82, 2.24) is 5.43 Å². The van der Waals surface area contributed by atoms with Gasteiger partial charge in [0.2, 0.25) is 0 Å². The minimum atomic E-state index is -0.260. The molecule has 1 atom stereocenters. The van der Waals surface area contributed by atoms with Crippen molar-refractivity contribution in [3.63, 3.8) is 0 Å². The minimum absolute atomic E-state index is 0.00950. The van der Waals surface area contributed by atoms with Crippen LogP contribution < -0.4 is 14.9 Å². The van der Waals surface area contributed by atoms with Gasteiger partial charge in [-0.15, -0.1) is 0 Å². The number of thioether (sulfide) groups is 1. The number of nitrogens with zero attached hydrogens (tertiary/aromatic N) is 1. The largest absolute Gasteiger partial charge is 0.493 e. The van der Waals surface area contributed by atoms with Crippen molar-refractivity contribution in [3.8, 4) is 11.5 Å².